The lowest BCUT2D eigenvalue weighted by Crippen LogP contribution is -2.61. The van der Waals surface area contributed by atoms with Crippen LogP contribution in [0.2, 0.25) is 0 Å². The molecule has 8 nitrogen and oxygen atoms in total. The molecule has 0 aromatic heterocycles. The van der Waals surface area contributed by atoms with Gasteiger partial charge < -0.3 is 38.6 Å². The predicted octanol–water partition coefficient (Wildman–Crippen LogP) is 0.0396. The molecule has 0 aromatic rings. The molecule has 0 spiro atoms. The van der Waals surface area contributed by atoms with E-state index in [1.54, 1.807) is 14.0 Å². The summed E-state index contributed by atoms with van der Waals surface area (Å²) < 4.78 is 33.6. The Bertz CT molecular complexity index is 381. The fourth-order valence-corrected chi connectivity index (χ4v) is 3.26. The van der Waals surface area contributed by atoms with Crippen molar-refractivity contribution in [3.05, 3.63) is 0 Å². The summed E-state index contributed by atoms with van der Waals surface area (Å²) in [7, 11) is 3.04. The zero-order valence-electron chi connectivity index (χ0n) is 15.0. The summed E-state index contributed by atoms with van der Waals surface area (Å²) in [4.78, 5) is 0. The summed E-state index contributed by atoms with van der Waals surface area (Å²) in [6, 6.07) is 0. The van der Waals surface area contributed by atoms with Crippen molar-refractivity contribution in [2.45, 2.75) is 82.5 Å². The van der Waals surface area contributed by atoms with Crippen molar-refractivity contribution in [3.63, 3.8) is 0 Å². The molecule has 2 saturated heterocycles. The number of aliphatic hydroxyl groups is 2. The van der Waals surface area contributed by atoms with Gasteiger partial charge in [-0.3, -0.25) is 0 Å². The van der Waals surface area contributed by atoms with Gasteiger partial charge in [-0.25, -0.2) is 0 Å². The van der Waals surface area contributed by atoms with Crippen LogP contribution >= 0.6 is 0 Å². The molecule has 0 amide bonds. The van der Waals surface area contributed by atoms with E-state index in [9.17, 15) is 10.2 Å². The van der Waals surface area contributed by atoms with Gasteiger partial charge in [0.05, 0.1) is 18.3 Å². The maximum Gasteiger partial charge on any atom is 0.187 e. The van der Waals surface area contributed by atoms with E-state index >= 15 is 0 Å². The Kier molecular flexibility index (Phi) is 7.39. The number of ether oxygens (including phenoxy) is 6. The maximum absolute atomic E-state index is 10.4. The van der Waals surface area contributed by atoms with Gasteiger partial charge in [0.1, 0.15) is 24.4 Å². The summed E-state index contributed by atoms with van der Waals surface area (Å²) >= 11 is 0. The molecule has 0 radical (unpaired) electrons. The van der Waals surface area contributed by atoms with Gasteiger partial charge in [-0.15, -0.1) is 0 Å². The largest absolute Gasteiger partial charge is 0.388 e. The molecule has 0 saturated carbocycles. The molecule has 9 atom stereocenters. The van der Waals surface area contributed by atoms with Crippen LogP contribution in [0.4, 0.5) is 0 Å². The van der Waals surface area contributed by atoms with Crippen molar-refractivity contribution in [1.82, 2.24) is 0 Å². The first-order valence-corrected chi connectivity index (χ1v) is 8.42. The molecule has 8 heteroatoms. The first-order chi connectivity index (χ1) is 11.4. The molecule has 2 fully saturated rings. The van der Waals surface area contributed by atoms with E-state index in [0.29, 0.717) is 13.0 Å². The minimum absolute atomic E-state index is 0.260. The third kappa shape index (κ3) is 4.25. The Morgan fingerprint density at radius 2 is 1.67 bits per heavy atom. The summed E-state index contributed by atoms with van der Waals surface area (Å²) in [5.74, 6) is 0. The lowest BCUT2D eigenvalue weighted by Gasteiger charge is -2.45. The van der Waals surface area contributed by atoms with Crippen LogP contribution in [0.3, 0.4) is 0 Å². The Balaban J connectivity index is 2.05. The fraction of sp³-hybridized carbons (Fsp3) is 1.00. The minimum Gasteiger partial charge on any atom is -0.388 e. The molecular formula is C16H30O8. The molecule has 0 aliphatic carbocycles. The predicted molar refractivity (Wildman–Crippen MR) is 83.4 cm³/mol. The smallest absolute Gasteiger partial charge is 0.187 e. The highest BCUT2D eigenvalue weighted by atomic mass is 16.7. The lowest BCUT2D eigenvalue weighted by atomic mass is 9.98. The Labute approximate surface area is 142 Å². The Morgan fingerprint density at radius 3 is 2.25 bits per heavy atom. The summed E-state index contributed by atoms with van der Waals surface area (Å²) in [6.07, 6.45) is -5.12. The topological polar surface area (TPSA) is 95.8 Å². The van der Waals surface area contributed by atoms with Crippen LogP contribution < -0.4 is 0 Å². The van der Waals surface area contributed by atoms with Crippen LogP contribution in [0, 0.1) is 0 Å². The quantitative estimate of drug-likeness (QED) is 0.693. The second-order valence-electron chi connectivity index (χ2n) is 6.23. The number of hydrogen-bond acceptors (Lipinski definition) is 8. The Hall–Kier alpha value is -0.320. The van der Waals surface area contributed by atoms with E-state index in [1.165, 1.54) is 7.11 Å². The number of rotatable bonds is 6. The first kappa shape index (κ1) is 20.0. The van der Waals surface area contributed by atoms with E-state index in [4.69, 9.17) is 28.4 Å². The van der Waals surface area contributed by atoms with Gasteiger partial charge in [0, 0.05) is 27.2 Å². The third-order valence-corrected chi connectivity index (χ3v) is 4.62. The van der Waals surface area contributed by atoms with E-state index in [0.717, 1.165) is 0 Å². The zero-order chi connectivity index (χ0) is 17.9. The van der Waals surface area contributed by atoms with Crippen LogP contribution in [-0.2, 0) is 28.4 Å². The van der Waals surface area contributed by atoms with E-state index < -0.39 is 36.8 Å². The minimum atomic E-state index is -1.12. The van der Waals surface area contributed by atoms with Crippen molar-refractivity contribution in [1.29, 1.82) is 0 Å². The molecule has 2 heterocycles. The van der Waals surface area contributed by atoms with Crippen molar-refractivity contribution >= 4 is 0 Å². The van der Waals surface area contributed by atoms with Crippen LogP contribution in [-0.4, -0.2) is 86.3 Å². The molecule has 0 bridgehead atoms. The Morgan fingerprint density at radius 1 is 0.958 bits per heavy atom. The molecule has 0 aromatic carbocycles. The highest BCUT2D eigenvalue weighted by Crippen LogP contribution is 2.30. The SMILES string of the molecule is CCO[C@H]1C[C@@H](OC)[C@H](O[C@@H]2O[C@H](C)[C@@H](O)[C@H](OC)[C@H]2O)[C@@H](C)O1. The second kappa shape index (κ2) is 8.86. The van der Waals surface area contributed by atoms with Gasteiger partial charge in [0.2, 0.25) is 0 Å². The molecule has 24 heavy (non-hydrogen) atoms. The summed E-state index contributed by atoms with van der Waals surface area (Å²) in [6.45, 7) is 6.03. The molecular weight excluding hydrogens is 320 g/mol. The van der Waals surface area contributed by atoms with Gasteiger partial charge in [0.25, 0.3) is 0 Å². The standard InChI is InChI=1S/C16H30O8/c1-6-21-11-7-10(19-4)14(9(3)22-11)24-16-13(18)15(20-5)12(17)8(2)23-16/h8-18H,6-7H2,1-5H3/t8-,9-,10-,11-,12-,13-,14-,15+,16+/m1/s1. The fourth-order valence-electron chi connectivity index (χ4n) is 3.26. The van der Waals surface area contributed by atoms with Crippen LogP contribution in [0.15, 0.2) is 0 Å². The molecule has 2 N–H and O–H groups in total. The van der Waals surface area contributed by atoms with Gasteiger partial charge >= 0.3 is 0 Å². The lowest BCUT2D eigenvalue weighted by molar-refractivity contribution is -0.339. The summed E-state index contributed by atoms with van der Waals surface area (Å²) in [5.41, 5.74) is 0. The van der Waals surface area contributed by atoms with Crippen molar-refractivity contribution in [2.24, 2.45) is 0 Å². The molecule has 2 rings (SSSR count). The van der Waals surface area contributed by atoms with Crippen LogP contribution in [0.1, 0.15) is 27.2 Å². The van der Waals surface area contributed by atoms with Crippen molar-refractivity contribution < 1.29 is 38.6 Å². The van der Waals surface area contributed by atoms with Crippen molar-refractivity contribution in [3.8, 4) is 0 Å². The van der Waals surface area contributed by atoms with Crippen molar-refractivity contribution in [2.75, 3.05) is 20.8 Å². The number of methoxy groups -OCH3 is 2. The normalized spacial score (nSPS) is 46.9. The number of hydrogen-bond donors (Lipinski definition) is 2. The van der Waals surface area contributed by atoms with Gasteiger partial charge in [-0.2, -0.15) is 0 Å². The van der Waals surface area contributed by atoms with Gasteiger partial charge in [-0.1, -0.05) is 0 Å². The maximum atomic E-state index is 10.4. The number of aliphatic hydroxyl groups excluding tert-OH is 2. The first-order valence-electron chi connectivity index (χ1n) is 8.42. The third-order valence-electron chi connectivity index (χ3n) is 4.62. The van der Waals surface area contributed by atoms with Crippen LogP contribution in [0.5, 0.6) is 0 Å². The summed E-state index contributed by atoms with van der Waals surface area (Å²) in [5, 5.41) is 20.4. The molecule has 2 aliphatic heterocycles. The van der Waals surface area contributed by atoms with Gasteiger partial charge in [-0.05, 0) is 20.8 Å². The molecule has 2 aliphatic rings. The average Bonchev–Trinajstić information content (AvgIpc) is 2.55. The molecule has 142 valence electrons. The monoisotopic (exact) mass is 350 g/mol. The molecule has 0 unspecified atom stereocenters. The average molecular weight is 350 g/mol. The highest BCUT2D eigenvalue weighted by molar-refractivity contribution is 4.91. The van der Waals surface area contributed by atoms with E-state index in [2.05, 4.69) is 0 Å². The second-order valence-corrected chi connectivity index (χ2v) is 6.23. The zero-order valence-corrected chi connectivity index (χ0v) is 15.0. The van der Waals surface area contributed by atoms with Gasteiger partial charge in [0.15, 0.2) is 12.6 Å². The van der Waals surface area contributed by atoms with E-state index in [-0.39, 0.29) is 18.5 Å². The highest BCUT2D eigenvalue weighted by Gasteiger charge is 2.47. The van der Waals surface area contributed by atoms with E-state index in [1.807, 2.05) is 13.8 Å². The van der Waals surface area contributed by atoms with Crippen LogP contribution in [0.25, 0.3) is 0 Å².